The number of para-hydroxylation sites is 1. The van der Waals surface area contributed by atoms with Gasteiger partial charge in [0, 0.05) is 44.3 Å². The summed E-state index contributed by atoms with van der Waals surface area (Å²) in [5, 5.41) is 4.55. The predicted molar refractivity (Wildman–Crippen MR) is 104 cm³/mol. The Balaban J connectivity index is 1.45. The highest BCUT2D eigenvalue weighted by molar-refractivity contribution is 5.89. The first-order chi connectivity index (χ1) is 14.2. The highest BCUT2D eigenvalue weighted by Gasteiger charge is 2.39. The minimum atomic E-state index is -4.69. The molecule has 3 aromatic rings. The standard InChI is InChI=1S/C20H22F3N5O2/c1-25-12-13(15-5-3-4-6-16(15)25)11-17(29)27-9-7-14(8-10-27)28-19(30)26(2)18(24-28)20(21,22)23/h3-6,12,14H,7-11H2,1-2H3. The van der Waals surface area contributed by atoms with Crippen molar-refractivity contribution in [3.05, 3.63) is 52.3 Å². The van der Waals surface area contributed by atoms with Crippen LogP contribution >= 0.6 is 0 Å². The lowest BCUT2D eigenvalue weighted by Crippen LogP contribution is -2.41. The average Bonchev–Trinajstić information content (AvgIpc) is 3.19. The maximum Gasteiger partial charge on any atom is 0.451 e. The second-order valence-electron chi connectivity index (χ2n) is 7.68. The number of carbonyl (C=O) groups excluding carboxylic acids is 1. The van der Waals surface area contributed by atoms with Crippen molar-refractivity contribution in [1.29, 1.82) is 0 Å². The van der Waals surface area contributed by atoms with E-state index in [0.717, 1.165) is 28.2 Å². The third-order valence-electron chi connectivity index (χ3n) is 5.74. The number of hydrogen-bond acceptors (Lipinski definition) is 3. The van der Waals surface area contributed by atoms with E-state index in [1.165, 1.54) is 0 Å². The van der Waals surface area contributed by atoms with Crippen molar-refractivity contribution in [2.75, 3.05) is 13.1 Å². The molecule has 1 amide bonds. The molecule has 1 aliphatic rings. The highest BCUT2D eigenvalue weighted by atomic mass is 19.4. The summed E-state index contributed by atoms with van der Waals surface area (Å²) >= 11 is 0. The number of piperidine rings is 1. The van der Waals surface area contributed by atoms with Crippen molar-refractivity contribution >= 4 is 16.8 Å². The van der Waals surface area contributed by atoms with Crippen LogP contribution in [0, 0.1) is 0 Å². The Hall–Kier alpha value is -3.04. The smallest absolute Gasteiger partial charge is 0.350 e. The zero-order valence-electron chi connectivity index (χ0n) is 16.7. The molecule has 10 heteroatoms. The highest BCUT2D eigenvalue weighted by Crippen LogP contribution is 2.28. The molecular formula is C20H22F3N5O2. The fourth-order valence-corrected chi connectivity index (χ4v) is 4.14. The summed E-state index contributed by atoms with van der Waals surface area (Å²) < 4.78 is 42.4. The van der Waals surface area contributed by atoms with Gasteiger partial charge in [0.2, 0.25) is 11.7 Å². The Bertz CT molecular complexity index is 1150. The summed E-state index contributed by atoms with van der Waals surface area (Å²) in [4.78, 5) is 26.7. The van der Waals surface area contributed by atoms with Gasteiger partial charge in [-0.3, -0.25) is 9.36 Å². The predicted octanol–water partition coefficient (Wildman–Crippen LogP) is 2.50. The van der Waals surface area contributed by atoms with Crippen LogP contribution in [0.3, 0.4) is 0 Å². The Kier molecular flexibility index (Phi) is 4.95. The Labute approximate surface area is 170 Å². The summed E-state index contributed by atoms with van der Waals surface area (Å²) in [7, 11) is 3.00. The number of alkyl halides is 3. The molecule has 0 aliphatic carbocycles. The van der Waals surface area contributed by atoms with Gasteiger partial charge in [-0.15, -0.1) is 5.10 Å². The third-order valence-corrected chi connectivity index (χ3v) is 5.74. The first-order valence-corrected chi connectivity index (χ1v) is 9.70. The lowest BCUT2D eigenvalue weighted by molar-refractivity contribution is -0.147. The molecule has 1 saturated heterocycles. The maximum atomic E-state index is 13.0. The van der Waals surface area contributed by atoms with Crippen molar-refractivity contribution in [3.8, 4) is 0 Å². The van der Waals surface area contributed by atoms with Gasteiger partial charge in [0.25, 0.3) is 0 Å². The molecule has 0 atom stereocenters. The van der Waals surface area contributed by atoms with Crippen LogP contribution in [0.1, 0.15) is 30.3 Å². The lowest BCUT2D eigenvalue weighted by Gasteiger charge is -2.31. The molecule has 0 radical (unpaired) electrons. The molecule has 3 heterocycles. The number of rotatable bonds is 3. The average molecular weight is 421 g/mol. The van der Waals surface area contributed by atoms with E-state index < -0.39 is 23.7 Å². The Morgan fingerprint density at radius 1 is 1.17 bits per heavy atom. The molecule has 0 N–H and O–H groups in total. The second-order valence-corrected chi connectivity index (χ2v) is 7.68. The second kappa shape index (κ2) is 7.33. The summed E-state index contributed by atoms with van der Waals surface area (Å²) in [6.45, 7) is 0.747. The number of hydrogen-bond donors (Lipinski definition) is 0. The number of benzene rings is 1. The molecule has 0 saturated carbocycles. The van der Waals surface area contributed by atoms with E-state index in [9.17, 15) is 22.8 Å². The van der Waals surface area contributed by atoms with Crippen LogP contribution in [0.4, 0.5) is 13.2 Å². The minimum Gasteiger partial charge on any atom is -0.350 e. The number of nitrogens with zero attached hydrogens (tertiary/aromatic N) is 5. The summed E-state index contributed by atoms with van der Waals surface area (Å²) in [5.41, 5.74) is 1.20. The Morgan fingerprint density at radius 3 is 2.47 bits per heavy atom. The van der Waals surface area contributed by atoms with Gasteiger partial charge in [-0.1, -0.05) is 18.2 Å². The fraction of sp³-hybridized carbons (Fsp3) is 0.450. The number of aromatic nitrogens is 4. The molecule has 0 bridgehead atoms. The van der Waals surface area contributed by atoms with Gasteiger partial charge in [-0.05, 0) is 24.5 Å². The van der Waals surface area contributed by atoms with Crippen molar-refractivity contribution in [2.45, 2.75) is 31.5 Å². The SMILES string of the molecule is Cn1c(C(F)(F)F)nn(C2CCN(C(=O)Cc3cn(C)c4ccccc34)CC2)c1=O. The van der Waals surface area contributed by atoms with Crippen LogP contribution < -0.4 is 5.69 Å². The molecule has 0 unspecified atom stereocenters. The van der Waals surface area contributed by atoms with Crippen LogP contribution in [-0.4, -0.2) is 42.8 Å². The van der Waals surface area contributed by atoms with E-state index in [1.54, 1.807) is 4.90 Å². The van der Waals surface area contributed by atoms with Crippen LogP contribution in [0.15, 0.2) is 35.3 Å². The number of carbonyl (C=O) groups is 1. The van der Waals surface area contributed by atoms with Gasteiger partial charge >= 0.3 is 11.9 Å². The fourth-order valence-electron chi connectivity index (χ4n) is 4.14. The lowest BCUT2D eigenvalue weighted by atomic mass is 10.0. The van der Waals surface area contributed by atoms with Gasteiger partial charge in [-0.25, -0.2) is 9.48 Å². The Morgan fingerprint density at radius 2 is 1.83 bits per heavy atom. The van der Waals surface area contributed by atoms with Crippen LogP contribution in [-0.2, 0) is 31.5 Å². The van der Waals surface area contributed by atoms with Crippen molar-refractivity contribution in [2.24, 2.45) is 14.1 Å². The number of amides is 1. The van der Waals surface area contributed by atoms with E-state index >= 15 is 0 Å². The van der Waals surface area contributed by atoms with Crippen molar-refractivity contribution in [3.63, 3.8) is 0 Å². The molecule has 2 aromatic heterocycles. The van der Waals surface area contributed by atoms with Gasteiger partial charge in [0.15, 0.2) is 0 Å². The molecule has 4 rings (SSSR count). The molecule has 160 valence electrons. The molecule has 0 spiro atoms. The number of likely N-dealkylation sites (tertiary alicyclic amines) is 1. The monoisotopic (exact) mass is 421 g/mol. The van der Waals surface area contributed by atoms with Crippen LogP contribution in [0.25, 0.3) is 10.9 Å². The topological polar surface area (TPSA) is 65.1 Å². The number of halogens is 3. The largest absolute Gasteiger partial charge is 0.451 e. The van der Waals surface area contributed by atoms with Gasteiger partial charge in [-0.2, -0.15) is 13.2 Å². The van der Waals surface area contributed by atoms with E-state index in [-0.39, 0.29) is 12.3 Å². The van der Waals surface area contributed by atoms with Crippen LogP contribution in [0.5, 0.6) is 0 Å². The van der Waals surface area contributed by atoms with Crippen molar-refractivity contribution in [1.82, 2.24) is 23.8 Å². The zero-order valence-corrected chi connectivity index (χ0v) is 16.7. The van der Waals surface area contributed by atoms with E-state index in [4.69, 9.17) is 0 Å². The van der Waals surface area contributed by atoms with Gasteiger partial charge in [0.1, 0.15) is 0 Å². The molecule has 30 heavy (non-hydrogen) atoms. The molecule has 7 nitrogen and oxygen atoms in total. The zero-order chi connectivity index (χ0) is 21.6. The quantitative estimate of drug-likeness (QED) is 0.653. The number of aryl methyl sites for hydroxylation is 1. The minimum absolute atomic E-state index is 0.0332. The molecular weight excluding hydrogens is 399 g/mol. The number of fused-ring (bicyclic) bond motifs is 1. The molecule has 1 aromatic carbocycles. The normalized spacial score (nSPS) is 15.8. The summed E-state index contributed by atoms with van der Waals surface area (Å²) in [5.74, 6) is -1.24. The molecule has 1 aliphatic heterocycles. The van der Waals surface area contributed by atoms with E-state index in [1.807, 2.05) is 42.1 Å². The molecule has 1 fully saturated rings. The van der Waals surface area contributed by atoms with Gasteiger partial charge < -0.3 is 9.47 Å². The van der Waals surface area contributed by atoms with E-state index in [2.05, 4.69) is 5.10 Å². The van der Waals surface area contributed by atoms with E-state index in [0.29, 0.717) is 30.5 Å². The third kappa shape index (κ3) is 3.50. The van der Waals surface area contributed by atoms with Crippen molar-refractivity contribution < 1.29 is 18.0 Å². The first-order valence-electron chi connectivity index (χ1n) is 9.70. The van der Waals surface area contributed by atoms with Crippen LogP contribution in [0.2, 0.25) is 0 Å². The van der Waals surface area contributed by atoms with Gasteiger partial charge in [0.05, 0.1) is 12.5 Å². The first kappa shape index (κ1) is 20.2. The maximum absolute atomic E-state index is 13.0. The summed E-state index contributed by atoms with van der Waals surface area (Å²) in [6.07, 6.45) is -1.71. The summed E-state index contributed by atoms with van der Waals surface area (Å²) in [6, 6.07) is 7.40.